The lowest BCUT2D eigenvalue weighted by Crippen LogP contribution is -2.25. The maximum atomic E-state index is 11.1. The van der Waals surface area contributed by atoms with E-state index in [0.717, 1.165) is 0 Å². The molecule has 5 heteroatoms. The molecule has 17 heavy (non-hydrogen) atoms. The normalized spacial score (nSPS) is 11.1. The summed E-state index contributed by atoms with van der Waals surface area (Å²) < 4.78 is 5.37. The van der Waals surface area contributed by atoms with Crippen molar-refractivity contribution in [3.8, 4) is 5.75 Å². The molecule has 5 nitrogen and oxygen atoms in total. The maximum absolute atomic E-state index is 11.1. The fourth-order valence-corrected chi connectivity index (χ4v) is 1.36. The molecular weight excluding hydrogens is 220 g/mol. The van der Waals surface area contributed by atoms with Crippen LogP contribution < -0.4 is 10.1 Å². The Hall–Kier alpha value is -2.04. The summed E-state index contributed by atoms with van der Waals surface area (Å²) in [7, 11) is 1.55. The van der Waals surface area contributed by atoms with Gasteiger partial charge in [-0.25, -0.2) is 0 Å². The third-order valence-corrected chi connectivity index (χ3v) is 2.29. The first kappa shape index (κ1) is 13.0. The molecular formula is C12H16N2O3. The summed E-state index contributed by atoms with van der Waals surface area (Å²) >= 11 is 0. The number of rotatable bonds is 5. The topological polar surface area (TPSA) is 70.9 Å². The molecule has 0 aromatic heterocycles. The van der Waals surface area contributed by atoms with Gasteiger partial charge in [-0.1, -0.05) is 24.2 Å². The number of amides is 1. The molecule has 0 unspecified atom stereocenters. The maximum Gasteiger partial charge on any atom is 0.257 e. The van der Waals surface area contributed by atoms with Crippen molar-refractivity contribution in [2.24, 2.45) is 5.16 Å². The van der Waals surface area contributed by atoms with Crippen LogP contribution in [0.1, 0.15) is 18.9 Å². The van der Waals surface area contributed by atoms with Crippen LogP contribution in [-0.4, -0.2) is 30.5 Å². The van der Waals surface area contributed by atoms with Crippen LogP contribution >= 0.6 is 0 Å². The predicted molar refractivity (Wildman–Crippen MR) is 64.6 cm³/mol. The Balaban J connectivity index is 2.88. The number of carbonyl (C=O) groups is 1. The number of hydrogen-bond donors (Lipinski definition) is 2. The fourth-order valence-electron chi connectivity index (χ4n) is 1.36. The number of likely N-dealkylation sites (N-methyl/N-ethyl adjacent to an activating group) is 1. The molecule has 0 saturated heterocycles. The Morgan fingerprint density at radius 3 is 2.76 bits per heavy atom. The number of benzene rings is 1. The minimum Gasteiger partial charge on any atom is -0.483 e. The lowest BCUT2D eigenvalue weighted by Gasteiger charge is -2.10. The van der Waals surface area contributed by atoms with Crippen LogP contribution in [0, 0.1) is 0 Å². The molecule has 0 saturated carbocycles. The van der Waals surface area contributed by atoms with Crippen molar-refractivity contribution < 1.29 is 14.7 Å². The quantitative estimate of drug-likeness (QED) is 0.461. The van der Waals surface area contributed by atoms with E-state index in [0.29, 0.717) is 23.4 Å². The SMILES string of the molecule is CC/C(=N\O)c1ccccc1OCC(=O)NC. The highest BCUT2D eigenvalue weighted by molar-refractivity contribution is 6.02. The molecule has 0 bridgehead atoms. The molecule has 0 atom stereocenters. The van der Waals surface area contributed by atoms with Crippen molar-refractivity contribution in [1.29, 1.82) is 0 Å². The molecule has 1 aromatic carbocycles. The van der Waals surface area contributed by atoms with Crippen molar-refractivity contribution in [2.75, 3.05) is 13.7 Å². The van der Waals surface area contributed by atoms with E-state index in [1.54, 1.807) is 25.2 Å². The number of oxime groups is 1. The van der Waals surface area contributed by atoms with Crippen molar-refractivity contribution in [3.63, 3.8) is 0 Å². The third kappa shape index (κ3) is 3.48. The summed E-state index contributed by atoms with van der Waals surface area (Å²) in [6.07, 6.45) is 0.580. The minimum atomic E-state index is -0.209. The molecule has 1 aromatic rings. The van der Waals surface area contributed by atoms with Gasteiger partial charge in [0.15, 0.2) is 6.61 Å². The first-order valence-corrected chi connectivity index (χ1v) is 5.36. The van der Waals surface area contributed by atoms with Crippen LogP contribution in [-0.2, 0) is 4.79 Å². The van der Waals surface area contributed by atoms with Gasteiger partial charge in [0.05, 0.1) is 5.71 Å². The Morgan fingerprint density at radius 2 is 2.18 bits per heavy atom. The van der Waals surface area contributed by atoms with E-state index in [9.17, 15) is 4.79 Å². The van der Waals surface area contributed by atoms with Crippen LogP contribution in [0.3, 0.4) is 0 Å². The van der Waals surface area contributed by atoms with Crippen molar-refractivity contribution in [3.05, 3.63) is 29.8 Å². The van der Waals surface area contributed by atoms with Crippen LogP contribution in [0.2, 0.25) is 0 Å². The molecule has 1 amide bonds. The molecule has 0 aliphatic rings. The van der Waals surface area contributed by atoms with E-state index < -0.39 is 0 Å². The van der Waals surface area contributed by atoms with Gasteiger partial charge in [-0.3, -0.25) is 4.79 Å². The molecule has 2 N–H and O–H groups in total. The molecule has 92 valence electrons. The molecule has 0 aliphatic carbocycles. The van der Waals surface area contributed by atoms with E-state index in [1.807, 2.05) is 13.0 Å². The second-order valence-electron chi connectivity index (χ2n) is 3.36. The average Bonchev–Trinajstić information content (AvgIpc) is 2.38. The Labute approximate surface area is 100 Å². The highest BCUT2D eigenvalue weighted by Gasteiger charge is 2.10. The van der Waals surface area contributed by atoms with E-state index in [4.69, 9.17) is 9.94 Å². The summed E-state index contributed by atoms with van der Waals surface area (Å²) in [6.45, 7) is 1.82. The van der Waals surface area contributed by atoms with Gasteiger partial charge in [0.1, 0.15) is 5.75 Å². The van der Waals surface area contributed by atoms with Crippen molar-refractivity contribution in [2.45, 2.75) is 13.3 Å². The molecule has 1 rings (SSSR count). The zero-order valence-electron chi connectivity index (χ0n) is 9.93. The zero-order valence-corrected chi connectivity index (χ0v) is 9.93. The van der Waals surface area contributed by atoms with Crippen molar-refractivity contribution in [1.82, 2.24) is 5.32 Å². The summed E-state index contributed by atoms with van der Waals surface area (Å²) in [5.41, 5.74) is 1.22. The Bertz CT molecular complexity index is 416. The van der Waals surface area contributed by atoms with Gasteiger partial charge in [0, 0.05) is 12.6 Å². The second kappa shape index (κ2) is 6.52. The van der Waals surface area contributed by atoms with Gasteiger partial charge >= 0.3 is 0 Å². The zero-order chi connectivity index (χ0) is 12.7. The van der Waals surface area contributed by atoms with E-state index in [-0.39, 0.29) is 12.5 Å². The van der Waals surface area contributed by atoms with Gasteiger partial charge < -0.3 is 15.3 Å². The summed E-state index contributed by atoms with van der Waals surface area (Å²) in [5, 5.41) is 14.6. The number of nitrogens with one attached hydrogen (secondary N) is 1. The Morgan fingerprint density at radius 1 is 1.47 bits per heavy atom. The molecule has 0 radical (unpaired) electrons. The van der Waals surface area contributed by atoms with Crippen LogP contribution in [0.4, 0.5) is 0 Å². The molecule has 0 fully saturated rings. The smallest absolute Gasteiger partial charge is 0.257 e. The number of hydrogen-bond acceptors (Lipinski definition) is 4. The minimum absolute atomic E-state index is 0.0596. The van der Waals surface area contributed by atoms with Gasteiger partial charge in [0.25, 0.3) is 5.91 Å². The molecule has 0 heterocycles. The van der Waals surface area contributed by atoms with Crippen LogP contribution in [0.25, 0.3) is 0 Å². The lowest BCUT2D eigenvalue weighted by atomic mass is 10.1. The van der Waals surface area contributed by atoms with E-state index in [2.05, 4.69) is 10.5 Å². The fraction of sp³-hybridized carbons (Fsp3) is 0.333. The van der Waals surface area contributed by atoms with Crippen LogP contribution in [0.15, 0.2) is 29.4 Å². The molecule has 0 aliphatic heterocycles. The lowest BCUT2D eigenvalue weighted by molar-refractivity contribution is -0.122. The standard InChI is InChI=1S/C12H16N2O3/c1-3-10(14-16)9-6-4-5-7-11(9)17-8-12(15)13-2/h4-7,16H,3,8H2,1-2H3,(H,13,15)/b14-10+. The predicted octanol–water partition coefficient (Wildman–Crippen LogP) is 1.40. The number of para-hydroxylation sites is 1. The average molecular weight is 236 g/mol. The molecule has 0 spiro atoms. The first-order valence-electron chi connectivity index (χ1n) is 5.36. The monoisotopic (exact) mass is 236 g/mol. The number of nitrogens with zero attached hydrogens (tertiary/aromatic N) is 1. The van der Waals surface area contributed by atoms with E-state index >= 15 is 0 Å². The third-order valence-electron chi connectivity index (χ3n) is 2.29. The van der Waals surface area contributed by atoms with Crippen LogP contribution in [0.5, 0.6) is 5.75 Å². The Kier molecular flexibility index (Phi) is 5.00. The van der Waals surface area contributed by atoms with Gasteiger partial charge in [-0.05, 0) is 18.6 Å². The largest absolute Gasteiger partial charge is 0.483 e. The summed E-state index contributed by atoms with van der Waals surface area (Å²) in [4.78, 5) is 11.1. The van der Waals surface area contributed by atoms with Crippen molar-refractivity contribution >= 4 is 11.6 Å². The van der Waals surface area contributed by atoms with E-state index in [1.165, 1.54) is 0 Å². The summed E-state index contributed by atoms with van der Waals surface area (Å²) in [5.74, 6) is 0.324. The van der Waals surface area contributed by atoms with Gasteiger partial charge in [-0.2, -0.15) is 0 Å². The first-order chi connectivity index (χ1) is 8.22. The number of ether oxygens (including phenoxy) is 1. The summed E-state index contributed by atoms with van der Waals surface area (Å²) in [6, 6.07) is 7.15. The highest BCUT2D eigenvalue weighted by atomic mass is 16.5. The van der Waals surface area contributed by atoms with Gasteiger partial charge in [-0.15, -0.1) is 0 Å². The highest BCUT2D eigenvalue weighted by Crippen LogP contribution is 2.20. The van der Waals surface area contributed by atoms with Gasteiger partial charge in [0.2, 0.25) is 0 Å². The second-order valence-corrected chi connectivity index (χ2v) is 3.36. The number of carbonyl (C=O) groups excluding carboxylic acids is 1.